The van der Waals surface area contributed by atoms with Crippen LogP contribution in [0.3, 0.4) is 0 Å². The molecule has 0 bridgehead atoms. The quantitative estimate of drug-likeness (QED) is 0.732. The highest BCUT2D eigenvalue weighted by atomic mass is 32.2. The maximum atomic E-state index is 11.7. The molecule has 1 aliphatic rings. The minimum atomic E-state index is -4.34. The number of hydrogen-bond donors (Lipinski definition) is 1. The Morgan fingerprint density at radius 3 is 2.41 bits per heavy atom. The number of benzene rings is 2. The summed E-state index contributed by atoms with van der Waals surface area (Å²) in [6.07, 6.45) is 0. The summed E-state index contributed by atoms with van der Waals surface area (Å²) in [6.45, 7) is 5.62. The zero-order chi connectivity index (χ0) is 19.4. The molecule has 27 heavy (non-hydrogen) atoms. The summed E-state index contributed by atoms with van der Waals surface area (Å²) < 4.78 is 44.2. The minimum Gasteiger partial charge on any atom is -0.494 e. The molecule has 1 heterocycles. The molecule has 7 nitrogen and oxygen atoms in total. The maximum Gasteiger partial charge on any atom is 0.296 e. The van der Waals surface area contributed by atoms with Crippen molar-refractivity contribution in [2.75, 3.05) is 31.2 Å². The van der Waals surface area contributed by atoms with Gasteiger partial charge in [0, 0.05) is 6.54 Å². The van der Waals surface area contributed by atoms with Crippen LogP contribution in [0.4, 0.5) is 5.69 Å². The number of rotatable bonds is 7. The average Bonchev–Trinajstić information content (AvgIpc) is 3.09. The lowest BCUT2D eigenvalue weighted by molar-refractivity contribution is 0.337. The summed E-state index contributed by atoms with van der Waals surface area (Å²) >= 11 is 0. The molecule has 144 valence electrons. The monoisotopic (exact) mass is 390 g/mol. The van der Waals surface area contributed by atoms with E-state index in [9.17, 15) is 13.0 Å². The molecule has 8 heteroatoms. The molecule has 0 unspecified atom stereocenters. The molecular weight excluding hydrogens is 368 g/mol. The normalized spacial score (nSPS) is 14.2. The molecule has 2 aromatic carbocycles. The molecule has 1 N–H and O–H groups in total. The number of ether oxygens (including phenoxy) is 2. The van der Waals surface area contributed by atoms with Crippen molar-refractivity contribution < 1.29 is 22.4 Å². The molecule has 1 aliphatic heterocycles. The Labute approximate surface area is 159 Å². The van der Waals surface area contributed by atoms with Gasteiger partial charge in [0.2, 0.25) is 0 Å². The molecule has 0 spiro atoms. The van der Waals surface area contributed by atoms with Gasteiger partial charge in [-0.15, -0.1) is 0 Å². The Morgan fingerprint density at radius 2 is 1.78 bits per heavy atom. The fourth-order valence-corrected chi connectivity index (χ4v) is 3.55. The molecule has 3 rings (SSSR count). The Balaban J connectivity index is 1.77. The Bertz CT molecular complexity index is 939. The Morgan fingerprint density at radius 1 is 1.11 bits per heavy atom. The fourth-order valence-electron chi connectivity index (χ4n) is 2.88. The van der Waals surface area contributed by atoms with Crippen molar-refractivity contribution >= 4 is 21.6 Å². The van der Waals surface area contributed by atoms with E-state index in [1.165, 1.54) is 6.07 Å². The van der Waals surface area contributed by atoms with Crippen molar-refractivity contribution in [3.05, 3.63) is 48.0 Å². The van der Waals surface area contributed by atoms with Crippen LogP contribution in [0.25, 0.3) is 0 Å². The number of amidine groups is 1. The zero-order valence-corrected chi connectivity index (χ0v) is 16.1. The summed E-state index contributed by atoms with van der Waals surface area (Å²) in [6, 6.07) is 12.0. The predicted molar refractivity (Wildman–Crippen MR) is 104 cm³/mol. The molecule has 0 aliphatic carbocycles. The zero-order valence-electron chi connectivity index (χ0n) is 15.3. The van der Waals surface area contributed by atoms with E-state index < -0.39 is 10.1 Å². The van der Waals surface area contributed by atoms with Crippen LogP contribution in [0.5, 0.6) is 11.5 Å². The Hall–Kier alpha value is -2.58. The first kappa shape index (κ1) is 19.2. The first-order valence-corrected chi connectivity index (χ1v) is 10.1. The molecule has 0 radical (unpaired) electrons. The first-order valence-electron chi connectivity index (χ1n) is 8.63. The van der Waals surface area contributed by atoms with Crippen molar-refractivity contribution in [2.24, 2.45) is 4.99 Å². The van der Waals surface area contributed by atoms with E-state index in [1.807, 2.05) is 26.0 Å². The van der Waals surface area contributed by atoms with E-state index in [4.69, 9.17) is 9.47 Å². The molecule has 2 aromatic rings. The van der Waals surface area contributed by atoms with E-state index >= 15 is 0 Å². The van der Waals surface area contributed by atoms with Gasteiger partial charge in [0.15, 0.2) is 0 Å². The first-order chi connectivity index (χ1) is 12.9. The predicted octanol–water partition coefficient (Wildman–Crippen LogP) is 2.94. The summed E-state index contributed by atoms with van der Waals surface area (Å²) in [5.41, 5.74) is 1.29. The van der Waals surface area contributed by atoms with Crippen LogP contribution in [0.1, 0.15) is 12.5 Å². The molecule has 0 saturated heterocycles. The smallest absolute Gasteiger partial charge is 0.296 e. The van der Waals surface area contributed by atoms with E-state index in [2.05, 4.69) is 4.99 Å². The molecular formula is C19H22N2O5S. The van der Waals surface area contributed by atoms with Gasteiger partial charge in [-0.1, -0.05) is 6.07 Å². The topological polar surface area (TPSA) is 88.4 Å². The van der Waals surface area contributed by atoms with E-state index in [1.54, 1.807) is 29.2 Å². The second-order valence-electron chi connectivity index (χ2n) is 6.09. The third-order valence-corrected chi connectivity index (χ3v) is 5.02. The lowest BCUT2D eigenvalue weighted by Gasteiger charge is -2.23. The van der Waals surface area contributed by atoms with Gasteiger partial charge >= 0.3 is 0 Å². The number of aliphatic imine (C=N–C) groups is 1. The molecule has 0 amide bonds. The minimum absolute atomic E-state index is 0.135. The van der Waals surface area contributed by atoms with Crippen LogP contribution in [0.15, 0.2) is 52.4 Å². The van der Waals surface area contributed by atoms with Gasteiger partial charge in [0.1, 0.15) is 28.8 Å². The summed E-state index contributed by atoms with van der Waals surface area (Å²) in [5.74, 6) is 2.04. The number of hydrogen-bond acceptors (Lipinski definition) is 6. The summed E-state index contributed by atoms with van der Waals surface area (Å²) in [7, 11) is -4.34. The van der Waals surface area contributed by atoms with Gasteiger partial charge in [-0.3, -0.25) is 9.55 Å². The molecule has 0 fully saturated rings. The van der Waals surface area contributed by atoms with Crippen molar-refractivity contribution in [3.63, 3.8) is 0 Å². The van der Waals surface area contributed by atoms with Gasteiger partial charge in [0.05, 0.1) is 18.8 Å². The third kappa shape index (κ3) is 4.58. The SMILES string of the molecule is CCOc1ccc(OCC2=NCCN2c2cc(C)ccc2S(=O)(=O)O)cc1. The number of anilines is 1. The van der Waals surface area contributed by atoms with Crippen LogP contribution in [-0.2, 0) is 10.1 Å². The van der Waals surface area contributed by atoms with Crippen molar-refractivity contribution in [1.82, 2.24) is 0 Å². The van der Waals surface area contributed by atoms with Crippen LogP contribution in [0.2, 0.25) is 0 Å². The summed E-state index contributed by atoms with van der Waals surface area (Å²) in [5, 5.41) is 0. The largest absolute Gasteiger partial charge is 0.494 e. The van der Waals surface area contributed by atoms with Crippen molar-refractivity contribution in [2.45, 2.75) is 18.7 Å². The summed E-state index contributed by atoms with van der Waals surface area (Å²) in [4.78, 5) is 6.06. The number of nitrogens with zero attached hydrogens (tertiary/aromatic N) is 2. The van der Waals surface area contributed by atoms with Crippen LogP contribution in [-0.4, -0.2) is 45.1 Å². The molecule has 0 saturated carbocycles. The van der Waals surface area contributed by atoms with Gasteiger partial charge in [-0.25, -0.2) is 0 Å². The van der Waals surface area contributed by atoms with E-state index in [-0.39, 0.29) is 11.5 Å². The standard InChI is InChI=1S/C19H22N2O5S/c1-3-25-15-5-7-16(8-6-15)26-13-19-20-10-11-21(19)17-12-14(2)4-9-18(17)27(22,23)24/h4-9,12H,3,10-11,13H2,1-2H3,(H,22,23,24). The van der Waals surface area contributed by atoms with Gasteiger partial charge in [-0.05, 0) is 55.8 Å². The second-order valence-corrected chi connectivity index (χ2v) is 7.48. The highest BCUT2D eigenvalue weighted by Gasteiger charge is 2.26. The average molecular weight is 390 g/mol. The lowest BCUT2D eigenvalue weighted by Crippen LogP contribution is -2.33. The van der Waals surface area contributed by atoms with E-state index in [0.29, 0.717) is 37.0 Å². The Kier molecular flexibility index (Phi) is 5.67. The van der Waals surface area contributed by atoms with Gasteiger partial charge in [0.25, 0.3) is 10.1 Å². The number of aryl methyl sites for hydroxylation is 1. The molecule has 0 aromatic heterocycles. The van der Waals surface area contributed by atoms with Crippen LogP contribution in [0, 0.1) is 6.92 Å². The van der Waals surface area contributed by atoms with E-state index in [0.717, 1.165) is 11.3 Å². The van der Waals surface area contributed by atoms with Crippen molar-refractivity contribution in [3.8, 4) is 11.5 Å². The highest BCUT2D eigenvalue weighted by Crippen LogP contribution is 2.28. The van der Waals surface area contributed by atoms with Crippen molar-refractivity contribution in [1.29, 1.82) is 0 Å². The van der Waals surface area contributed by atoms with Crippen LogP contribution < -0.4 is 14.4 Å². The van der Waals surface area contributed by atoms with Gasteiger partial charge in [-0.2, -0.15) is 8.42 Å². The molecule has 0 atom stereocenters. The lowest BCUT2D eigenvalue weighted by atomic mass is 10.2. The highest BCUT2D eigenvalue weighted by molar-refractivity contribution is 7.86. The van der Waals surface area contributed by atoms with Gasteiger partial charge < -0.3 is 14.4 Å². The second kappa shape index (κ2) is 7.98. The maximum absolute atomic E-state index is 11.7. The van der Waals surface area contributed by atoms with Crippen LogP contribution >= 0.6 is 0 Å². The fraction of sp³-hybridized carbons (Fsp3) is 0.316. The third-order valence-electron chi connectivity index (χ3n) is 4.12.